The van der Waals surface area contributed by atoms with E-state index < -0.39 is 24.1 Å². The molecule has 4 nitrogen and oxygen atoms in total. The van der Waals surface area contributed by atoms with E-state index in [-0.39, 0.29) is 24.3 Å². The number of rotatable bonds is 5. The average Bonchev–Trinajstić information content (AvgIpc) is 3.12. The molecule has 0 spiro atoms. The first-order valence-electron chi connectivity index (χ1n) is 7.57. The number of fused-ring (bicyclic) bond motifs is 2. The van der Waals surface area contributed by atoms with Crippen molar-refractivity contribution in [2.45, 2.75) is 19.4 Å². The van der Waals surface area contributed by atoms with Gasteiger partial charge in [-0.15, -0.1) is 0 Å². The molecule has 0 aliphatic heterocycles. The monoisotopic (exact) mass is 321 g/mol. The molecule has 23 heavy (non-hydrogen) atoms. The molecule has 0 heterocycles. The van der Waals surface area contributed by atoms with Crippen LogP contribution in [0.25, 0.3) is 0 Å². The molecule has 3 unspecified atom stereocenters. The lowest BCUT2D eigenvalue weighted by molar-refractivity contribution is -0.147. The molecule has 0 radical (unpaired) electrons. The van der Waals surface area contributed by atoms with Crippen molar-refractivity contribution in [3.63, 3.8) is 0 Å². The Hall–Kier alpha value is -2.24. The van der Waals surface area contributed by atoms with Gasteiger partial charge in [-0.3, -0.25) is 9.59 Å². The van der Waals surface area contributed by atoms with Gasteiger partial charge >= 0.3 is 5.97 Å². The zero-order valence-corrected chi connectivity index (χ0v) is 12.4. The second-order valence-electron chi connectivity index (χ2n) is 6.22. The van der Waals surface area contributed by atoms with Crippen LogP contribution in [0.15, 0.2) is 30.4 Å². The number of amides is 1. The molecule has 2 aliphatic rings. The van der Waals surface area contributed by atoms with Gasteiger partial charge in [0.15, 0.2) is 11.6 Å². The molecule has 122 valence electrons. The SMILES string of the molecule is O=C(O)CN(Cc1ccc(F)c(F)c1)C(=O)C1CC2C=CC1C2. The van der Waals surface area contributed by atoms with Crippen LogP contribution in [0.1, 0.15) is 18.4 Å². The Morgan fingerprint density at radius 1 is 1.17 bits per heavy atom. The fourth-order valence-electron chi connectivity index (χ4n) is 3.53. The summed E-state index contributed by atoms with van der Waals surface area (Å²) in [6.07, 6.45) is 5.79. The fraction of sp³-hybridized carbons (Fsp3) is 0.412. The molecule has 2 bridgehead atoms. The van der Waals surface area contributed by atoms with Crippen LogP contribution in [0.4, 0.5) is 8.78 Å². The summed E-state index contributed by atoms with van der Waals surface area (Å²) in [5, 5.41) is 9.04. The third kappa shape index (κ3) is 3.25. The molecule has 1 amide bonds. The molecular formula is C17H17F2NO3. The van der Waals surface area contributed by atoms with Crippen LogP contribution >= 0.6 is 0 Å². The van der Waals surface area contributed by atoms with Crippen molar-refractivity contribution >= 4 is 11.9 Å². The Morgan fingerprint density at radius 2 is 1.96 bits per heavy atom. The first-order valence-corrected chi connectivity index (χ1v) is 7.57. The highest BCUT2D eigenvalue weighted by Gasteiger charge is 2.41. The average molecular weight is 321 g/mol. The predicted molar refractivity (Wildman–Crippen MR) is 78.3 cm³/mol. The van der Waals surface area contributed by atoms with Crippen molar-refractivity contribution in [2.24, 2.45) is 17.8 Å². The van der Waals surface area contributed by atoms with E-state index in [2.05, 4.69) is 6.08 Å². The summed E-state index contributed by atoms with van der Waals surface area (Å²) in [7, 11) is 0. The van der Waals surface area contributed by atoms with Crippen LogP contribution in [0.5, 0.6) is 0 Å². The van der Waals surface area contributed by atoms with Crippen molar-refractivity contribution in [2.75, 3.05) is 6.54 Å². The maximum atomic E-state index is 13.3. The summed E-state index contributed by atoms with van der Waals surface area (Å²) >= 11 is 0. The van der Waals surface area contributed by atoms with E-state index >= 15 is 0 Å². The lowest BCUT2D eigenvalue weighted by Crippen LogP contribution is -2.40. The number of halogens is 2. The highest BCUT2D eigenvalue weighted by Crippen LogP contribution is 2.44. The number of carbonyl (C=O) groups excluding carboxylic acids is 1. The van der Waals surface area contributed by atoms with Crippen molar-refractivity contribution in [1.29, 1.82) is 0 Å². The zero-order valence-electron chi connectivity index (χ0n) is 12.4. The number of hydrogen-bond acceptors (Lipinski definition) is 2. The summed E-state index contributed by atoms with van der Waals surface area (Å²) < 4.78 is 26.3. The number of hydrogen-bond donors (Lipinski definition) is 1. The molecule has 2 aliphatic carbocycles. The number of allylic oxidation sites excluding steroid dienone is 2. The van der Waals surface area contributed by atoms with Crippen molar-refractivity contribution in [3.05, 3.63) is 47.5 Å². The number of nitrogens with zero attached hydrogens (tertiary/aromatic N) is 1. The van der Waals surface area contributed by atoms with Crippen molar-refractivity contribution < 1.29 is 23.5 Å². The fourth-order valence-corrected chi connectivity index (χ4v) is 3.53. The third-order valence-electron chi connectivity index (χ3n) is 4.59. The number of aliphatic carboxylic acids is 1. The van der Waals surface area contributed by atoms with Crippen LogP contribution in [0.3, 0.4) is 0 Å². The van der Waals surface area contributed by atoms with E-state index in [0.717, 1.165) is 25.0 Å². The Bertz CT molecular complexity index is 674. The lowest BCUT2D eigenvalue weighted by atomic mass is 9.92. The molecule has 0 aromatic heterocycles. The Morgan fingerprint density at radius 3 is 2.52 bits per heavy atom. The van der Waals surface area contributed by atoms with Gasteiger partial charge in [-0.05, 0) is 42.4 Å². The zero-order chi connectivity index (χ0) is 16.6. The number of carboxylic acids is 1. The summed E-state index contributed by atoms with van der Waals surface area (Å²) in [5.74, 6) is -2.99. The molecule has 3 rings (SSSR count). The summed E-state index contributed by atoms with van der Waals surface area (Å²) in [4.78, 5) is 25.0. The summed E-state index contributed by atoms with van der Waals surface area (Å²) in [6, 6.07) is 3.34. The Balaban J connectivity index is 1.77. The molecule has 1 aromatic carbocycles. The maximum absolute atomic E-state index is 13.3. The minimum Gasteiger partial charge on any atom is -0.480 e. The topological polar surface area (TPSA) is 57.6 Å². The predicted octanol–water partition coefficient (Wildman–Crippen LogP) is 2.59. The smallest absolute Gasteiger partial charge is 0.323 e. The van der Waals surface area contributed by atoms with Crippen LogP contribution in [0.2, 0.25) is 0 Å². The second-order valence-corrected chi connectivity index (χ2v) is 6.22. The van der Waals surface area contributed by atoms with E-state index in [1.165, 1.54) is 11.0 Å². The summed E-state index contributed by atoms with van der Waals surface area (Å²) in [5.41, 5.74) is 0.372. The third-order valence-corrected chi connectivity index (χ3v) is 4.59. The van der Waals surface area contributed by atoms with Crippen LogP contribution < -0.4 is 0 Å². The van der Waals surface area contributed by atoms with Gasteiger partial charge in [-0.1, -0.05) is 18.2 Å². The normalized spacial score (nSPS) is 24.9. The highest BCUT2D eigenvalue weighted by molar-refractivity contribution is 5.84. The second kappa shape index (κ2) is 6.10. The van der Waals surface area contributed by atoms with Crippen molar-refractivity contribution in [3.8, 4) is 0 Å². The molecule has 1 saturated carbocycles. The van der Waals surface area contributed by atoms with Crippen LogP contribution in [0, 0.1) is 29.4 Å². The number of carbonyl (C=O) groups is 2. The number of carboxylic acid groups (broad SMARTS) is 1. The minimum absolute atomic E-state index is 0.0417. The Labute approximate surface area is 132 Å². The van der Waals surface area contributed by atoms with Gasteiger partial charge in [0.2, 0.25) is 5.91 Å². The molecule has 6 heteroatoms. The first kappa shape index (κ1) is 15.6. The highest BCUT2D eigenvalue weighted by atomic mass is 19.2. The summed E-state index contributed by atoms with van der Waals surface area (Å²) in [6.45, 7) is -0.491. The Kier molecular flexibility index (Phi) is 4.15. The molecule has 1 N–H and O–H groups in total. The van der Waals surface area contributed by atoms with Gasteiger partial charge in [0, 0.05) is 12.5 Å². The van der Waals surface area contributed by atoms with Gasteiger partial charge in [0.05, 0.1) is 0 Å². The van der Waals surface area contributed by atoms with E-state index in [1.807, 2.05) is 6.08 Å². The minimum atomic E-state index is -1.13. The van der Waals surface area contributed by atoms with Gasteiger partial charge in [-0.2, -0.15) is 0 Å². The van der Waals surface area contributed by atoms with E-state index in [1.54, 1.807) is 0 Å². The van der Waals surface area contributed by atoms with Crippen LogP contribution in [-0.4, -0.2) is 28.4 Å². The molecule has 3 atom stereocenters. The van der Waals surface area contributed by atoms with Crippen LogP contribution in [-0.2, 0) is 16.1 Å². The molecule has 1 aromatic rings. The first-order chi connectivity index (χ1) is 10.9. The van der Waals surface area contributed by atoms with Gasteiger partial charge in [0.1, 0.15) is 6.54 Å². The standard InChI is InChI=1S/C17H17F2NO3/c18-14-4-2-11(7-15(14)19)8-20(9-16(21)22)17(23)13-6-10-1-3-12(13)5-10/h1-4,7,10,12-13H,5-6,8-9H2,(H,21,22). The lowest BCUT2D eigenvalue weighted by Gasteiger charge is -2.27. The maximum Gasteiger partial charge on any atom is 0.323 e. The van der Waals surface area contributed by atoms with E-state index in [4.69, 9.17) is 5.11 Å². The van der Waals surface area contributed by atoms with Gasteiger partial charge in [0.25, 0.3) is 0 Å². The van der Waals surface area contributed by atoms with Crippen molar-refractivity contribution in [1.82, 2.24) is 4.90 Å². The van der Waals surface area contributed by atoms with Gasteiger partial charge < -0.3 is 10.0 Å². The van der Waals surface area contributed by atoms with E-state index in [0.29, 0.717) is 11.5 Å². The molecule has 0 saturated heterocycles. The molecular weight excluding hydrogens is 304 g/mol. The number of benzene rings is 1. The largest absolute Gasteiger partial charge is 0.480 e. The quantitative estimate of drug-likeness (QED) is 0.848. The van der Waals surface area contributed by atoms with Gasteiger partial charge in [-0.25, -0.2) is 8.78 Å². The van der Waals surface area contributed by atoms with E-state index in [9.17, 15) is 18.4 Å². The molecule has 1 fully saturated rings.